The first-order valence-corrected chi connectivity index (χ1v) is 8.81. The lowest BCUT2D eigenvalue weighted by molar-refractivity contribution is -0.384. The molecule has 0 radical (unpaired) electrons. The maximum absolute atomic E-state index is 12.1. The molecule has 0 spiro atoms. The maximum Gasteiger partial charge on any atom is 0.419 e. The molecule has 1 heterocycles. The Bertz CT molecular complexity index is 1180. The summed E-state index contributed by atoms with van der Waals surface area (Å²) in [5.41, 5.74) is 6.07. The predicted octanol–water partition coefficient (Wildman–Crippen LogP) is 2.67. The minimum absolute atomic E-state index is 0.0985. The van der Waals surface area contributed by atoms with Crippen molar-refractivity contribution in [3.05, 3.63) is 67.6 Å². The highest BCUT2D eigenvalue weighted by Crippen LogP contribution is 2.22. The van der Waals surface area contributed by atoms with Gasteiger partial charge in [0.1, 0.15) is 0 Å². The van der Waals surface area contributed by atoms with Gasteiger partial charge in [0, 0.05) is 24.7 Å². The van der Waals surface area contributed by atoms with Gasteiger partial charge in [-0.3, -0.25) is 24.3 Å². The molecule has 3 aromatic rings. The van der Waals surface area contributed by atoms with Crippen molar-refractivity contribution in [2.45, 2.75) is 19.4 Å². The number of hydrogen-bond acceptors (Lipinski definition) is 6. The number of halogens is 1. The number of anilines is 1. The summed E-state index contributed by atoms with van der Waals surface area (Å²) in [6, 6.07) is 8.22. The van der Waals surface area contributed by atoms with Crippen LogP contribution >= 0.6 is 11.6 Å². The minimum Gasteiger partial charge on any atom is -0.407 e. The predicted molar refractivity (Wildman–Crippen MR) is 105 cm³/mol. The summed E-state index contributed by atoms with van der Waals surface area (Å²) >= 11 is 5.94. The highest BCUT2D eigenvalue weighted by molar-refractivity contribution is 6.34. The van der Waals surface area contributed by atoms with Crippen molar-refractivity contribution in [2.24, 2.45) is 5.73 Å². The average molecular weight is 419 g/mol. The van der Waals surface area contributed by atoms with Gasteiger partial charge in [-0.25, -0.2) is 4.79 Å². The molecule has 150 valence electrons. The Morgan fingerprint density at radius 3 is 2.66 bits per heavy atom. The van der Waals surface area contributed by atoms with Crippen molar-refractivity contribution in [3.8, 4) is 0 Å². The van der Waals surface area contributed by atoms with Crippen LogP contribution in [0.4, 0.5) is 11.4 Å². The molecule has 0 unspecified atom stereocenters. The van der Waals surface area contributed by atoms with Crippen molar-refractivity contribution in [1.82, 2.24) is 4.57 Å². The summed E-state index contributed by atoms with van der Waals surface area (Å²) < 4.78 is 6.35. The zero-order chi connectivity index (χ0) is 21.1. The molecule has 3 N–H and O–H groups in total. The molecular formula is C18H15ClN4O6. The molecule has 0 aliphatic carbocycles. The van der Waals surface area contributed by atoms with Crippen LogP contribution < -0.4 is 16.8 Å². The van der Waals surface area contributed by atoms with Gasteiger partial charge in [-0.15, -0.1) is 0 Å². The van der Waals surface area contributed by atoms with E-state index in [0.29, 0.717) is 17.6 Å². The summed E-state index contributed by atoms with van der Waals surface area (Å²) in [7, 11) is 0. The van der Waals surface area contributed by atoms with Crippen LogP contribution in [-0.2, 0) is 11.3 Å². The second-order valence-corrected chi connectivity index (χ2v) is 6.55. The maximum atomic E-state index is 12.1. The smallest absolute Gasteiger partial charge is 0.407 e. The Morgan fingerprint density at radius 2 is 2.00 bits per heavy atom. The molecule has 3 rings (SSSR count). The zero-order valence-corrected chi connectivity index (χ0v) is 15.6. The lowest BCUT2D eigenvalue weighted by atomic mass is 10.2. The van der Waals surface area contributed by atoms with E-state index in [1.54, 1.807) is 0 Å². The number of amides is 2. The molecule has 11 heteroatoms. The molecule has 0 atom stereocenters. The van der Waals surface area contributed by atoms with Crippen molar-refractivity contribution < 1.29 is 18.9 Å². The minimum atomic E-state index is -0.670. The van der Waals surface area contributed by atoms with Crippen molar-refractivity contribution in [1.29, 1.82) is 0 Å². The zero-order valence-electron chi connectivity index (χ0n) is 14.9. The molecule has 0 aliphatic rings. The number of nitro groups is 1. The molecule has 2 aromatic carbocycles. The molecule has 0 aliphatic heterocycles. The summed E-state index contributed by atoms with van der Waals surface area (Å²) in [5, 5.41) is 13.6. The van der Waals surface area contributed by atoms with Crippen LogP contribution in [0, 0.1) is 10.1 Å². The van der Waals surface area contributed by atoms with Crippen LogP contribution in [0.1, 0.15) is 23.2 Å². The highest BCUT2D eigenvalue weighted by Gasteiger charge is 2.14. The van der Waals surface area contributed by atoms with E-state index >= 15 is 0 Å². The summed E-state index contributed by atoms with van der Waals surface area (Å²) in [6.45, 7) is 0.193. The first-order valence-electron chi connectivity index (χ1n) is 8.43. The third-order valence-electron chi connectivity index (χ3n) is 4.17. The fourth-order valence-electron chi connectivity index (χ4n) is 2.79. The van der Waals surface area contributed by atoms with E-state index in [0.717, 1.165) is 0 Å². The number of hydrogen-bond donors (Lipinski definition) is 2. The van der Waals surface area contributed by atoms with Crippen LogP contribution in [-0.4, -0.2) is 21.3 Å². The van der Waals surface area contributed by atoms with E-state index in [1.165, 1.54) is 41.0 Å². The SMILES string of the molecule is NC(=O)c1ccc(NC(=O)CCCn2c(=O)oc3cc([N+](=O)[O-])ccc32)cc1Cl. The quantitative estimate of drug-likeness (QED) is 0.444. The number of nitro benzene ring substituents is 1. The molecule has 0 fully saturated rings. The normalized spacial score (nSPS) is 10.8. The van der Waals surface area contributed by atoms with E-state index in [-0.39, 0.29) is 40.7 Å². The number of benzene rings is 2. The van der Waals surface area contributed by atoms with Gasteiger partial charge in [-0.2, -0.15) is 0 Å². The lowest BCUT2D eigenvalue weighted by Crippen LogP contribution is -2.17. The van der Waals surface area contributed by atoms with Gasteiger partial charge in [-0.05, 0) is 30.7 Å². The summed E-state index contributed by atoms with van der Waals surface area (Å²) in [4.78, 5) is 45.5. The Balaban J connectivity index is 1.62. The molecule has 29 heavy (non-hydrogen) atoms. The van der Waals surface area contributed by atoms with Crippen molar-refractivity contribution in [3.63, 3.8) is 0 Å². The van der Waals surface area contributed by atoms with E-state index in [9.17, 15) is 24.5 Å². The number of rotatable bonds is 7. The molecule has 0 saturated carbocycles. The van der Waals surface area contributed by atoms with Crippen LogP contribution in [0.2, 0.25) is 5.02 Å². The number of non-ortho nitro benzene ring substituents is 1. The van der Waals surface area contributed by atoms with E-state index in [4.69, 9.17) is 21.8 Å². The first-order chi connectivity index (χ1) is 13.8. The number of aryl methyl sites for hydroxylation is 1. The molecule has 2 amide bonds. The second kappa shape index (κ2) is 8.15. The topological polar surface area (TPSA) is 150 Å². The lowest BCUT2D eigenvalue weighted by Gasteiger charge is -2.07. The molecular weight excluding hydrogens is 404 g/mol. The van der Waals surface area contributed by atoms with Gasteiger partial charge in [-0.1, -0.05) is 11.6 Å². The fraction of sp³-hybridized carbons (Fsp3) is 0.167. The van der Waals surface area contributed by atoms with E-state index in [1.807, 2.05) is 0 Å². The standard InChI is InChI=1S/C18H15ClN4O6/c19-13-8-10(3-5-12(13)17(20)25)21-16(24)2-1-7-22-14-6-4-11(23(27)28)9-15(14)29-18(22)26/h3-6,8-9H,1-2,7H2,(H2,20,25)(H,21,24). The third-order valence-corrected chi connectivity index (χ3v) is 4.48. The molecule has 0 saturated heterocycles. The number of fused-ring (bicyclic) bond motifs is 1. The average Bonchev–Trinajstić information content (AvgIpc) is 2.96. The van der Waals surface area contributed by atoms with Crippen molar-refractivity contribution >= 4 is 45.9 Å². The first kappa shape index (κ1) is 20.1. The monoisotopic (exact) mass is 418 g/mol. The Labute approximate surface area is 168 Å². The van der Waals surface area contributed by atoms with Gasteiger partial charge in [0.05, 0.1) is 27.1 Å². The van der Waals surface area contributed by atoms with Crippen LogP contribution in [0.15, 0.2) is 45.6 Å². The summed E-state index contributed by atoms with van der Waals surface area (Å²) in [5.74, 6) is -1.64. The van der Waals surface area contributed by atoms with Gasteiger partial charge < -0.3 is 15.5 Å². The number of primary amides is 1. The van der Waals surface area contributed by atoms with E-state index < -0.39 is 16.6 Å². The van der Waals surface area contributed by atoms with Crippen LogP contribution in [0.25, 0.3) is 11.1 Å². The van der Waals surface area contributed by atoms with Crippen LogP contribution in [0.5, 0.6) is 0 Å². The number of carbonyl (C=O) groups excluding carboxylic acids is 2. The molecule has 1 aromatic heterocycles. The highest BCUT2D eigenvalue weighted by atomic mass is 35.5. The Hall–Kier alpha value is -3.66. The molecule has 10 nitrogen and oxygen atoms in total. The van der Waals surface area contributed by atoms with Gasteiger partial charge in [0.15, 0.2) is 5.58 Å². The largest absolute Gasteiger partial charge is 0.419 e. The van der Waals surface area contributed by atoms with Gasteiger partial charge in [0.25, 0.3) is 5.69 Å². The Morgan fingerprint density at radius 1 is 1.24 bits per heavy atom. The number of oxazole rings is 1. The number of nitrogens with zero attached hydrogens (tertiary/aromatic N) is 2. The Kier molecular flexibility index (Phi) is 5.64. The number of aromatic nitrogens is 1. The van der Waals surface area contributed by atoms with Crippen LogP contribution in [0.3, 0.4) is 0 Å². The number of nitrogens with one attached hydrogen (secondary N) is 1. The number of nitrogens with two attached hydrogens (primary N) is 1. The fourth-order valence-corrected chi connectivity index (χ4v) is 3.07. The van der Waals surface area contributed by atoms with Gasteiger partial charge >= 0.3 is 5.76 Å². The second-order valence-electron chi connectivity index (χ2n) is 6.14. The third kappa shape index (κ3) is 4.43. The summed E-state index contributed by atoms with van der Waals surface area (Å²) in [6.07, 6.45) is 0.422. The van der Waals surface area contributed by atoms with Gasteiger partial charge in [0.2, 0.25) is 11.8 Å². The molecule has 0 bridgehead atoms. The number of carbonyl (C=O) groups is 2. The van der Waals surface area contributed by atoms with E-state index in [2.05, 4.69) is 5.32 Å². The van der Waals surface area contributed by atoms with Crippen molar-refractivity contribution in [2.75, 3.05) is 5.32 Å².